The molecule has 0 bridgehead atoms. The Labute approximate surface area is 110 Å². The maximum absolute atomic E-state index is 5.36. The van der Waals surface area contributed by atoms with E-state index in [0.717, 1.165) is 5.92 Å². The van der Waals surface area contributed by atoms with E-state index < -0.39 is 0 Å². The molecule has 0 spiro atoms. The van der Waals surface area contributed by atoms with Gasteiger partial charge in [-0.25, -0.2) is 0 Å². The van der Waals surface area contributed by atoms with Crippen LogP contribution >= 0.6 is 0 Å². The van der Waals surface area contributed by atoms with Crippen LogP contribution in [0.4, 0.5) is 0 Å². The van der Waals surface area contributed by atoms with Crippen molar-refractivity contribution in [3.63, 3.8) is 0 Å². The van der Waals surface area contributed by atoms with Crippen molar-refractivity contribution < 1.29 is 4.74 Å². The van der Waals surface area contributed by atoms with Crippen molar-refractivity contribution >= 4 is 6.08 Å². The van der Waals surface area contributed by atoms with Crippen LogP contribution in [0.3, 0.4) is 0 Å². The number of rotatable bonds is 2. The van der Waals surface area contributed by atoms with Gasteiger partial charge in [0.15, 0.2) is 0 Å². The van der Waals surface area contributed by atoms with E-state index in [1.165, 1.54) is 24.8 Å². The number of hydrogen-bond acceptors (Lipinski definition) is 1. The van der Waals surface area contributed by atoms with Crippen molar-refractivity contribution in [1.82, 2.24) is 0 Å². The predicted octanol–water partition coefficient (Wildman–Crippen LogP) is 4.46. The second-order valence-electron chi connectivity index (χ2n) is 4.93. The van der Waals surface area contributed by atoms with Crippen molar-refractivity contribution in [2.45, 2.75) is 38.4 Å². The van der Waals surface area contributed by atoms with Crippen LogP contribution in [0.1, 0.15) is 31.7 Å². The van der Waals surface area contributed by atoms with E-state index >= 15 is 0 Å². The van der Waals surface area contributed by atoms with Crippen LogP contribution in [0, 0.1) is 5.92 Å². The average molecular weight is 242 g/mol. The molecule has 1 nitrogen and oxygen atoms in total. The van der Waals surface area contributed by atoms with Crippen LogP contribution in [0.25, 0.3) is 6.08 Å². The van der Waals surface area contributed by atoms with Gasteiger partial charge in [-0.3, -0.25) is 0 Å². The Balaban J connectivity index is 0.000000134. The third-order valence-electron chi connectivity index (χ3n) is 3.54. The fourth-order valence-electron chi connectivity index (χ4n) is 2.41. The number of allylic oxidation sites excluding steroid dienone is 2. The molecule has 3 atom stereocenters. The summed E-state index contributed by atoms with van der Waals surface area (Å²) < 4.78 is 5.36. The molecule has 0 radical (unpaired) electrons. The van der Waals surface area contributed by atoms with E-state index in [9.17, 15) is 0 Å². The maximum atomic E-state index is 5.36. The summed E-state index contributed by atoms with van der Waals surface area (Å²) in [6.45, 7) is 5.80. The summed E-state index contributed by atoms with van der Waals surface area (Å²) in [5.41, 5.74) is 1.26. The van der Waals surface area contributed by atoms with Crippen LogP contribution in [0.15, 0.2) is 49.1 Å². The van der Waals surface area contributed by atoms with Gasteiger partial charge >= 0.3 is 0 Å². The zero-order valence-corrected chi connectivity index (χ0v) is 11.1. The van der Waals surface area contributed by atoms with Gasteiger partial charge in [-0.05, 0) is 37.7 Å². The predicted molar refractivity (Wildman–Crippen MR) is 77.3 cm³/mol. The first-order valence-corrected chi connectivity index (χ1v) is 6.79. The van der Waals surface area contributed by atoms with Gasteiger partial charge in [0, 0.05) is 0 Å². The fourth-order valence-corrected chi connectivity index (χ4v) is 2.41. The molecule has 0 N–H and O–H groups in total. The van der Waals surface area contributed by atoms with Gasteiger partial charge in [0.2, 0.25) is 0 Å². The topological polar surface area (TPSA) is 12.5 Å². The maximum Gasteiger partial charge on any atom is 0.0847 e. The number of benzene rings is 1. The first-order chi connectivity index (χ1) is 8.83. The molecule has 96 valence electrons. The Hall–Kier alpha value is -1.34. The molecule has 2 fully saturated rings. The van der Waals surface area contributed by atoms with Crippen molar-refractivity contribution in [1.29, 1.82) is 0 Å². The standard InChI is InChI=1S/C9H10.C8H12O/c1-2-6-9-7-4-3-5-8-9;1-2-6-3-4-7-8(5-6)9-7/h2-8H,1H3;2,6-8H,1,3-5H2. The molecule has 0 aromatic heterocycles. The third-order valence-corrected chi connectivity index (χ3v) is 3.54. The summed E-state index contributed by atoms with van der Waals surface area (Å²) in [6.07, 6.45) is 11.2. The highest BCUT2D eigenvalue weighted by atomic mass is 16.6. The molecular formula is C17H22O. The lowest BCUT2D eigenvalue weighted by molar-refractivity contribution is 0.370. The largest absolute Gasteiger partial charge is 0.370 e. The summed E-state index contributed by atoms with van der Waals surface area (Å²) in [5.74, 6) is 0.744. The van der Waals surface area contributed by atoms with E-state index in [0.29, 0.717) is 12.2 Å². The van der Waals surface area contributed by atoms with Crippen LogP contribution in [0.5, 0.6) is 0 Å². The summed E-state index contributed by atoms with van der Waals surface area (Å²) in [5, 5.41) is 0. The number of ether oxygens (including phenoxy) is 1. The molecule has 3 rings (SSSR count). The van der Waals surface area contributed by atoms with Crippen LogP contribution < -0.4 is 0 Å². The number of fused-ring (bicyclic) bond motifs is 1. The molecular weight excluding hydrogens is 220 g/mol. The lowest BCUT2D eigenvalue weighted by atomic mass is 9.90. The minimum atomic E-state index is 0.613. The van der Waals surface area contributed by atoms with Crippen LogP contribution in [-0.4, -0.2) is 12.2 Å². The number of epoxide rings is 1. The van der Waals surface area contributed by atoms with Gasteiger partial charge in [0.1, 0.15) is 0 Å². The second kappa shape index (κ2) is 6.55. The molecule has 1 saturated carbocycles. The fraction of sp³-hybridized carbons (Fsp3) is 0.412. The van der Waals surface area contributed by atoms with E-state index in [1.807, 2.05) is 31.2 Å². The van der Waals surface area contributed by atoms with Crippen molar-refractivity contribution in [3.8, 4) is 0 Å². The van der Waals surface area contributed by atoms with Crippen LogP contribution in [-0.2, 0) is 4.74 Å². The average Bonchev–Trinajstić information content (AvgIpc) is 3.19. The highest BCUT2D eigenvalue weighted by Crippen LogP contribution is 2.39. The monoisotopic (exact) mass is 242 g/mol. The molecule has 0 amide bonds. The summed E-state index contributed by atoms with van der Waals surface area (Å²) >= 11 is 0. The molecule has 1 heterocycles. The Morgan fingerprint density at radius 1 is 1.17 bits per heavy atom. The van der Waals surface area contributed by atoms with Gasteiger partial charge in [-0.2, -0.15) is 0 Å². The SMILES string of the molecule is C=CC1CCC2OC2C1.CC=Cc1ccccc1. The van der Waals surface area contributed by atoms with Gasteiger partial charge in [0.05, 0.1) is 12.2 Å². The molecule has 1 aromatic carbocycles. The smallest absolute Gasteiger partial charge is 0.0847 e. The van der Waals surface area contributed by atoms with Crippen LogP contribution in [0.2, 0.25) is 0 Å². The van der Waals surface area contributed by atoms with Crippen molar-refractivity contribution in [2.24, 2.45) is 5.92 Å². The second-order valence-corrected chi connectivity index (χ2v) is 4.93. The summed E-state index contributed by atoms with van der Waals surface area (Å²) in [4.78, 5) is 0. The minimum Gasteiger partial charge on any atom is -0.370 e. The zero-order valence-electron chi connectivity index (χ0n) is 11.1. The molecule has 2 aliphatic rings. The first kappa shape index (κ1) is 13.1. The quantitative estimate of drug-likeness (QED) is 0.551. The van der Waals surface area contributed by atoms with E-state index in [4.69, 9.17) is 4.74 Å². The lowest BCUT2D eigenvalue weighted by Gasteiger charge is -2.12. The Kier molecular flexibility index (Phi) is 4.77. The van der Waals surface area contributed by atoms with E-state index in [2.05, 4.69) is 30.9 Å². The Morgan fingerprint density at radius 3 is 2.56 bits per heavy atom. The number of hydrogen-bond donors (Lipinski definition) is 0. The normalized spacial score (nSPS) is 29.1. The van der Waals surface area contributed by atoms with Gasteiger partial charge in [-0.15, -0.1) is 6.58 Å². The third kappa shape index (κ3) is 3.85. The Morgan fingerprint density at radius 2 is 1.94 bits per heavy atom. The van der Waals surface area contributed by atoms with E-state index in [-0.39, 0.29) is 0 Å². The first-order valence-electron chi connectivity index (χ1n) is 6.79. The summed E-state index contributed by atoms with van der Waals surface area (Å²) in [6, 6.07) is 10.3. The molecule has 1 aromatic rings. The zero-order chi connectivity index (χ0) is 12.8. The highest BCUT2D eigenvalue weighted by molar-refractivity contribution is 5.47. The van der Waals surface area contributed by atoms with E-state index in [1.54, 1.807) is 0 Å². The van der Waals surface area contributed by atoms with Crippen molar-refractivity contribution in [3.05, 3.63) is 54.6 Å². The van der Waals surface area contributed by atoms with Gasteiger partial charge in [-0.1, -0.05) is 48.6 Å². The minimum absolute atomic E-state index is 0.613. The molecule has 3 unspecified atom stereocenters. The van der Waals surface area contributed by atoms with Crippen molar-refractivity contribution in [2.75, 3.05) is 0 Å². The Bertz CT molecular complexity index is 393. The van der Waals surface area contributed by atoms with Gasteiger partial charge in [0.25, 0.3) is 0 Å². The highest BCUT2D eigenvalue weighted by Gasteiger charge is 2.42. The molecule has 1 heteroatoms. The van der Waals surface area contributed by atoms with Gasteiger partial charge < -0.3 is 4.74 Å². The molecule has 1 aliphatic heterocycles. The molecule has 1 saturated heterocycles. The lowest BCUT2D eigenvalue weighted by Crippen LogP contribution is -2.10. The molecule has 18 heavy (non-hydrogen) atoms. The molecule has 1 aliphatic carbocycles. The summed E-state index contributed by atoms with van der Waals surface area (Å²) in [7, 11) is 0.